The third-order valence-electron chi connectivity index (χ3n) is 4.27. The summed E-state index contributed by atoms with van der Waals surface area (Å²) in [6.07, 6.45) is 2.30. The molecule has 0 saturated carbocycles. The van der Waals surface area contributed by atoms with Crippen LogP contribution in [0.4, 0.5) is 5.69 Å². The van der Waals surface area contributed by atoms with Gasteiger partial charge in [-0.05, 0) is 25.1 Å². The lowest BCUT2D eigenvalue weighted by Crippen LogP contribution is -2.29. The van der Waals surface area contributed by atoms with Crippen molar-refractivity contribution >= 4 is 45.1 Å². The van der Waals surface area contributed by atoms with Crippen LogP contribution in [-0.2, 0) is 7.05 Å². The molecule has 1 aromatic heterocycles. The van der Waals surface area contributed by atoms with Crippen molar-refractivity contribution in [1.29, 1.82) is 0 Å². The standard InChI is InChI=1S/C19H19N2OS2/c1-4-21-15-11-13(22-3)9-10-17(15)24-19(21)12-18-20(2)14-7-5-6-8-16(14)23-18/h5-12H,4H2,1-3H3/q+1. The number of aromatic nitrogens is 1. The number of aryl methyl sites for hydroxylation is 1. The highest BCUT2D eigenvalue weighted by molar-refractivity contribution is 8.03. The molecule has 0 saturated heterocycles. The lowest BCUT2D eigenvalue weighted by molar-refractivity contribution is -0.642. The Bertz CT molecular complexity index is 946. The fraction of sp³-hybridized carbons (Fsp3) is 0.211. The Morgan fingerprint density at radius 3 is 2.79 bits per heavy atom. The summed E-state index contributed by atoms with van der Waals surface area (Å²) < 4.78 is 8.97. The molecule has 0 radical (unpaired) electrons. The molecule has 122 valence electrons. The van der Waals surface area contributed by atoms with E-state index < -0.39 is 0 Å². The van der Waals surface area contributed by atoms with Crippen molar-refractivity contribution in [3.63, 3.8) is 0 Å². The van der Waals surface area contributed by atoms with Gasteiger partial charge in [-0.1, -0.05) is 35.2 Å². The number of benzene rings is 2. The Balaban J connectivity index is 1.78. The highest BCUT2D eigenvalue weighted by Crippen LogP contribution is 2.47. The maximum Gasteiger partial charge on any atom is 0.265 e. The van der Waals surface area contributed by atoms with Crippen molar-refractivity contribution in [2.24, 2.45) is 7.05 Å². The lowest BCUT2D eigenvalue weighted by atomic mass is 10.2. The molecule has 0 aliphatic carbocycles. The van der Waals surface area contributed by atoms with Crippen LogP contribution >= 0.6 is 23.1 Å². The SMILES string of the molecule is CCN1/C(=C/c2sc3ccccc3[n+]2C)Sc2ccc(OC)cc21. The van der Waals surface area contributed by atoms with Gasteiger partial charge in [0.25, 0.3) is 5.01 Å². The molecule has 2 heterocycles. The highest BCUT2D eigenvalue weighted by Gasteiger charge is 2.26. The van der Waals surface area contributed by atoms with E-state index in [0.29, 0.717) is 0 Å². The Labute approximate surface area is 150 Å². The van der Waals surface area contributed by atoms with Gasteiger partial charge in [0, 0.05) is 23.6 Å². The molecular weight excluding hydrogens is 336 g/mol. The summed E-state index contributed by atoms with van der Waals surface area (Å²) in [5.41, 5.74) is 2.51. The first-order valence-electron chi connectivity index (χ1n) is 7.94. The van der Waals surface area contributed by atoms with Gasteiger partial charge < -0.3 is 9.64 Å². The normalized spacial score (nSPS) is 15.3. The van der Waals surface area contributed by atoms with Crippen LogP contribution in [0.5, 0.6) is 5.75 Å². The summed E-state index contributed by atoms with van der Waals surface area (Å²) in [6, 6.07) is 14.8. The zero-order chi connectivity index (χ0) is 16.7. The number of ether oxygens (including phenoxy) is 1. The van der Waals surface area contributed by atoms with E-state index in [1.54, 1.807) is 7.11 Å². The molecule has 3 aromatic rings. The Morgan fingerprint density at radius 1 is 1.21 bits per heavy atom. The van der Waals surface area contributed by atoms with Crippen LogP contribution in [0, 0.1) is 0 Å². The second kappa shape index (κ2) is 6.15. The van der Waals surface area contributed by atoms with Crippen molar-refractivity contribution in [2.45, 2.75) is 11.8 Å². The molecule has 3 nitrogen and oxygen atoms in total. The molecule has 0 unspecified atom stereocenters. The fourth-order valence-corrected chi connectivity index (χ4v) is 5.30. The molecule has 0 N–H and O–H groups in total. The quantitative estimate of drug-likeness (QED) is 0.636. The van der Waals surface area contributed by atoms with Gasteiger partial charge in [0.1, 0.15) is 17.5 Å². The summed E-state index contributed by atoms with van der Waals surface area (Å²) in [6.45, 7) is 3.13. The van der Waals surface area contributed by atoms with Gasteiger partial charge in [0.2, 0.25) is 5.52 Å². The van der Waals surface area contributed by atoms with E-state index in [1.807, 2.05) is 29.2 Å². The van der Waals surface area contributed by atoms with Gasteiger partial charge in [-0.3, -0.25) is 0 Å². The maximum absolute atomic E-state index is 5.39. The minimum atomic E-state index is 0.904. The zero-order valence-electron chi connectivity index (χ0n) is 13.9. The largest absolute Gasteiger partial charge is 0.497 e. The van der Waals surface area contributed by atoms with Crippen molar-refractivity contribution in [3.05, 3.63) is 52.5 Å². The molecule has 5 heteroatoms. The fourth-order valence-electron chi connectivity index (χ4n) is 2.99. The predicted molar refractivity (Wildman–Crippen MR) is 103 cm³/mol. The average Bonchev–Trinajstić information content (AvgIpc) is 3.12. The van der Waals surface area contributed by atoms with Gasteiger partial charge in [0.05, 0.1) is 23.9 Å². The second-order valence-corrected chi connectivity index (χ2v) is 7.75. The second-order valence-electron chi connectivity index (χ2n) is 5.63. The van der Waals surface area contributed by atoms with Crippen molar-refractivity contribution in [1.82, 2.24) is 0 Å². The topological polar surface area (TPSA) is 16.4 Å². The molecule has 0 amide bonds. The molecule has 0 atom stereocenters. The highest BCUT2D eigenvalue weighted by atomic mass is 32.2. The number of hydrogen-bond donors (Lipinski definition) is 0. The van der Waals surface area contributed by atoms with E-state index in [-0.39, 0.29) is 0 Å². The first-order chi connectivity index (χ1) is 11.7. The van der Waals surface area contributed by atoms with Crippen molar-refractivity contribution < 1.29 is 9.30 Å². The number of rotatable bonds is 3. The average molecular weight is 356 g/mol. The Morgan fingerprint density at radius 2 is 2.04 bits per heavy atom. The van der Waals surface area contributed by atoms with E-state index in [2.05, 4.69) is 65.9 Å². The number of anilines is 1. The predicted octanol–water partition coefficient (Wildman–Crippen LogP) is 4.67. The molecule has 0 bridgehead atoms. The van der Waals surface area contributed by atoms with Gasteiger partial charge in [-0.2, -0.15) is 4.57 Å². The van der Waals surface area contributed by atoms with Gasteiger partial charge >= 0.3 is 0 Å². The number of methoxy groups -OCH3 is 1. The molecule has 0 fully saturated rings. The molecule has 1 aliphatic rings. The third kappa shape index (κ3) is 2.48. The number of hydrogen-bond acceptors (Lipinski definition) is 4. The lowest BCUT2D eigenvalue weighted by Gasteiger charge is -2.17. The van der Waals surface area contributed by atoms with Crippen LogP contribution in [0.1, 0.15) is 11.9 Å². The zero-order valence-corrected chi connectivity index (χ0v) is 15.6. The van der Waals surface area contributed by atoms with Crippen molar-refractivity contribution in [2.75, 3.05) is 18.6 Å². The number of fused-ring (bicyclic) bond motifs is 2. The summed E-state index contributed by atoms with van der Waals surface area (Å²) >= 11 is 3.66. The van der Waals surface area contributed by atoms with Gasteiger partial charge in [0.15, 0.2) is 0 Å². The molecular formula is C19H19N2OS2+. The molecule has 2 aromatic carbocycles. The summed E-state index contributed by atoms with van der Waals surface area (Å²) in [7, 11) is 3.85. The maximum atomic E-state index is 5.39. The molecule has 0 spiro atoms. The van der Waals surface area contributed by atoms with Crippen LogP contribution in [0.2, 0.25) is 0 Å². The molecule has 24 heavy (non-hydrogen) atoms. The molecule has 1 aliphatic heterocycles. The summed E-state index contributed by atoms with van der Waals surface area (Å²) in [5, 5.41) is 2.53. The Kier molecular flexibility index (Phi) is 3.98. The van der Waals surface area contributed by atoms with E-state index >= 15 is 0 Å². The minimum Gasteiger partial charge on any atom is -0.497 e. The summed E-state index contributed by atoms with van der Waals surface area (Å²) in [5.74, 6) is 0.904. The third-order valence-corrected chi connectivity index (χ3v) is 6.55. The van der Waals surface area contributed by atoms with Crippen LogP contribution in [0.3, 0.4) is 0 Å². The molecule has 4 rings (SSSR count). The monoisotopic (exact) mass is 355 g/mol. The van der Waals surface area contributed by atoms with Crippen LogP contribution in [0.25, 0.3) is 16.3 Å². The number of para-hydroxylation sites is 1. The first-order valence-corrected chi connectivity index (χ1v) is 9.57. The van der Waals surface area contributed by atoms with E-state index in [9.17, 15) is 0 Å². The minimum absolute atomic E-state index is 0.904. The first kappa shape index (κ1) is 15.5. The van der Waals surface area contributed by atoms with E-state index in [1.165, 1.54) is 30.8 Å². The van der Waals surface area contributed by atoms with Crippen molar-refractivity contribution in [3.8, 4) is 5.75 Å². The van der Waals surface area contributed by atoms with Crippen LogP contribution < -0.4 is 14.2 Å². The summed E-state index contributed by atoms with van der Waals surface area (Å²) in [4.78, 5) is 3.64. The van der Waals surface area contributed by atoms with E-state index in [4.69, 9.17) is 4.74 Å². The number of nitrogens with zero attached hydrogens (tertiary/aromatic N) is 2. The smallest absolute Gasteiger partial charge is 0.265 e. The van der Waals surface area contributed by atoms with E-state index in [0.717, 1.165) is 12.3 Å². The number of thiazole rings is 1. The number of thioether (sulfide) groups is 1. The van der Waals surface area contributed by atoms with Gasteiger partial charge in [-0.15, -0.1) is 0 Å². The van der Waals surface area contributed by atoms with Crippen LogP contribution in [-0.4, -0.2) is 13.7 Å². The van der Waals surface area contributed by atoms with Gasteiger partial charge in [-0.25, -0.2) is 0 Å². The Hall–Kier alpha value is -1.98. The van der Waals surface area contributed by atoms with Crippen LogP contribution in [0.15, 0.2) is 52.4 Å².